The summed E-state index contributed by atoms with van der Waals surface area (Å²) < 4.78 is 18.8. The van der Waals surface area contributed by atoms with Crippen LogP contribution in [0.25, 0.3) is 0 Å². The van der Waals surface area contributed by atoms with E-state index in [0.29, 0.717) is 6.10 Å². The minimum absolute atomic E-state index is 0.115. The molecule has 1 heterocycles. The molecule has 2 aliphatic carbocycles. The van der Waals surface area contributed by atoms with E-state index in [-0.39, 0.29) is 11.7 Å². The molecule has 0 amide bonds. The second-order valence-electron chi connectivity index (χ2n) is 4.48. The minimum atomic E-state index is -0.358. The maximum absolute atomic E-state index is 12.9. The molecule has 0 spiro atoms. The van der Waals surface area contributed by atoms with Crippen molar-refractivity contribution >= 4 is 0 Å². The van der Waals surface area contributed by atoms with Crippen molar-refractivity contribution in [1.82, 2.24) is 0 Å². The highest BCUT2D eigenvalue weighted by Gasteiger charge is 2.37. The zero-order chi connectivity index (χ0) is 10.3. The number of hydrogen-bond donors (Lipinski definition) is 0. The summed E-state index contributed by atoms with van der Waals surface area (Å²) in [7, 11) is 0. The Bertz CT molecular complexity index is 392. The van der Waals surface area contributed by atoms with Gasteiger partial charge in [0.1, 0.15) is 11.9 Å². The van der Waals surface area contributed by atoms with Gasteiger partial charge in [0, 0.05) is 0 Å². The van der Waals surface area contributed by atoms with E-state index in [2.05, 4.69) is 11.8 Å². The van der Waals surface area contributed by atoms with Gasteiger partial charge in [-0.1, -0.05) is 5.92 Å². The molecule has 0 radical (unpaired) electrons. The van der Waals surface area contributed by atoms with Crippen LogP contribution < -0.4 is 0 Å². The van der Waals surface area contributed by atoms with Crippen molar-refractivity contribution in [2.75, 3.05) is 0 Å². The van der Waals surface area contributed by atoms with Gasteiger partial charge in [-0.25, -0.2) is 0 Å². The fourth-order valence-electron chi connectivity index (χ4n) is 2.24. The lowest BCUT2D eigenvalue weighted by molar-refractivity contribution is 0.0431. The molecule has 0 aromatic carbocycles. The molecule has 0 N–H and O–H groups in total. The summed E-state index contributed by atoms with van der Waals surface area (Å²) in [5, 5.41) is 0. The summed E-state index contributed by atoms with van der Waals surface area (Å²) >= 11 is 0. The summed E-state index contributed by atoms with van der Waals surface area (Å²) in [5.74, 6) is 6.82. The Morgan fingerprint density at radius 2 is 2.07 bits per heavy atom. The molecular formula is C13H13FO. The van der Waals surface area contributed by atoms with Gasteiger partial charge in [-0.15, -0.1) is 0 Å². The van der Waals surface area contributed by atoms with Crippen molar-refractivity contribution in [3.8, 4) is 11.8 Å². The third kappa shape index (κ3) is 1.79. The summed E-state index contributed by atoms with van der Waals surface area (Å²) in [5.41, 5.74) is 0. The average molecular weight is 204 g/mol. The minimum Gasteiger partial charge on any atom is -0.493 e. The van der Waals surface area contributed by atoms with Gasteiger partial charge in [-0.3, -0.25) is 0 Å². The number of halogens is 1. The quantitative estimate of drug-likeness (QED) is 0.597. The highest BCUT2D eigenvalue weighted by molar-refractivity contribution is 5.35. The predicted molar refractivity (Wildman–Crippen MR) is 55.4 cm³/mol. The van der Waals surface area contributed by atoms with Gasteiger partial charge in [-0.2, -0.15) is 4.39 Å². The lowest BCUT2D eigenvalue weighted by atomic mass is 9.94. The first-order valence-electron chi connectivity index (χ1n) is 5.58. The molecule has 3 aliphatic rings. The van der Waals surface area contributed by atoms with Gasteiger partial charge >= 0.3 is 0 Å². The van der Waals surface area contributed by atoms with Crippen molar-refractivity contribution in [3.05, 3.63) is 23.7 Å². The normalized spacial score (nSPS) is 33.7. The second-order valence-corrected chi connectivity index (χ2v) is 4.48. The van der Waals surface area contributed by atoms with Crippen molar-refractivity contribution in [3.63, 3.8) is 0 Å². The van der Waals surface area contributed by atoms with Crippen molar-refractivity contribution in [2.24, 2.45) is 11.8 Å². The topological polar surface area (TPSA) is 9.23 Å². The zero-order valence-corrected chi connectivity index (χ0v) is 8.50. The Balaban J connectivity index is 1.80. The van der Waals surface area contributed by atoms with E-state index < -0.39 is 0 Å². The summed E-state index contributed by atoms with van der Waals surface area (Å²) in [4.78, 5) is 0. The SMILES string of the molecule is FC1=CC=C2O[C@H](C3CC3)CCC2C#C1. The first-order chi connectivity index (χ1) is 7.33. The zero-order valence-electron chi connectivity index (χ0n) is 8.50. The maximum Gasteiger partial charge on any atom is 0.173 e. The molecule has 1 saturated carbocycles. The molecule has 2 fully saturated rings. The number of rotatable bonds is 1. The Labute approximate surface area is 89.0 Å². The number of hydrogen-bond acceptors (Lipinski definition) is 1. The first kappa shape index (κ1) is 9.03. The lowest BCUT2D eigenvalue weighted by Gasteiger charge is -2.29. The fraction of sp³-hybridized carbons (Fsp3) is 0.538. The highest BCUT2D eigenvalue weighted by atomic mass is 19.1. The van der Waals surface area contributed by atoms with E-state index in [1.165, 1.54) is 18.9 Å². The van der Waals surface area contributed by atoms with Crippen LogP contribution in [0.4, 0.5) is 4.39 Å². The fourth-order valence-corrected chi connectivity index (χ4v) is 2.24. The van der Waals surface area contributed by atoms with Gasteiger partial charge in [0.2, 0.25) is 0 Å². The molecule has 2 heteroatoms. The third-order valence-electron chi connectivity index (χ3n) is 3.28. The molecule has 1 saturated heterocycles. The Morgan fingerprint density at radius 1 is 1.20 bits per heavy atom. The standard InChI is InChI=1S/C13H13FO/c14-11-5-3-10-4-7-12(9-1-2-9)15-13(10)8-6-11/h6,8-10,12H,1-2,4,7H2/t10?,12-/m0/s1. The number of allylic oxidation sites excluding steroid dienone is 4. The first-order valence-corrected chi connectivity index (χ1v) is 5.58. The van der Waals surface area contributed by atoms with Crippen LogP contribution in [0.15, 0.2) is 23.7 Å². The van der Waals surface area contributed by atoms with Crippen LogP contribution >= 0.6 is 0 Å². The smallest absolute Gasteiger partial charge is 0.173 e. The van der Waals surface area contributed by atoms with Crippen LogP contribution in [0.3, 0.4) is 0 Å². The van der Waals surface area contributed by atoms with E-state index in [1.807, 2.05) is 0 Å². The van der Waals surface area contributed by atoms with Crippen molar-refractivity contribution in [2.45, 2.75) is 31.8 Å². The molecular weight excluding hydrogens is 191 g/mol. The van der Waals surface area contributed by atoms with E-state index in [9.17, 15) is 4.39 Å². The van der Waals surface area contributed by atoms with Crippen molar-refractivity contribution in [1.29, 1.82) is 0 Å². The van der Waals surface area contributed by atoms with Crippen LogP contribution in [0.5, 0.6) is 0 Å². The molecule has 1 nitrogen and oxygen atoms in total. The molecule has 15 heavy (non-hydrogen) atoms. The summed E-state index contributed by atoms with van der Waals surface area (Å²) in [6.45, 7) is 0. The molecule has 3 rings (SSSR count). The van der Waals surface area contributed by atoms with Gasteiger partial charge in [0.25, 0.3) is 0 Å². The second kappa shape index (κ2) is 3.41. The molecule has 1 unspecified atom stereocenters. The number of ether oxygens (including phenoxy) is 1. The highest BCUT2D eigenvalue weighted by Crippen LogP contribution is 2.42. The van der Waals surface area contributed by atoms with Gasteiger partial charge in [0.05, 0.1) is 5.92 Å². The van der Waals surface area contributed by atoms with E-state index in [4.69, 9.17) is 4.74 Å². The predicted octanol–water partition coefficient (Wildman–Crippen LogP) is 2.95. The van der Waals surface area contributed by atoms with Gasteiger partial charge in [-0.05, 0) is 49.7 Å². The maximum atomic E-state index is 12.9. The molecule has 1 aliphatic heterocycles. The molecule has 78 valence electrons. The van der Waals surface area contributed by atoms with Crippen LogP contribution in [0.1, 0.15) is 25.7 Å². The van der Waals surface area contributed by atoms with Crippen LogP contribution in [-0.4, -0.2) is 6.10 Å². The summed E-state index contributed by atoms with van der Waals surface area (Å²) in [6, 6.07) is 0. The Morgan fingerprint density at radius 3 is 2.87 bits per heavy atom. The monoisotopic (exact) mass is 204 g/mol. The molecule has 0 aromatic heterocycles. The lowest BCUT2D eigenvalue weighted by Crippen LogP contribution is -2.25. The van der Waals surface area contributed by atoms with E-state index in [1.54, 1.807) is 6.08 Å². The van der Waals surface area contributed by atoms with Crippen molar-refractivity contribution < 1.29 is 9.13 Å². The number of fused-ring (bicyclic) bond motifs is 1. The van der Waals surface area contributed by atoms with Crippen LogP contribution in [0.2, 0.25) is 0 Å². The van der Waals surface area contributed by atoms with Crippen LogP contribution in [0, 0.1) is 23.7 Å². The molecule has 2 atom stereocenters. The third-order valence-corrected chi connectivity index (χ3v) is 3.28. The Kier molecular flexibility index (Phi) is 2.05. The van der Waals surface area contributed by atoms with Gasteiger partial charge in [0.15, 0.2) is 5.83 Å². The van der Waals surface area contributed by atoms with Gasteiger partial charge < -0.3 is 4.74 Å². The largest absolute Gasteiger partial charge is 0.493 e. The molecule has 0 bridgehead atoms. The summed E-state index contributed by atoms with van der Waals surface area (Å²) in [6.07, 6.45) is 8.18. The average Bonchev–Trinajstić information content (AvgIpc) is 3.06. The van der Waals surface area contributed by atoms with E-state index in [0.717, 1.165) is 24.5 Å². The van der Waals surface area contributed by atoms with Crippen LogP contribution in [-0.2, 0) is 4.74 Å². The van der Waals surface area contributed by atoms with E-state index >= 15 is 0 Å². The Hall–Kier alpha value is -1.23. The molecule has 0 aromatic rings.